The Morgan fingerprint density at radius 1 is 1.23 bits per heavy atom. The molecule has 0 spiro atoms. The normalized spacial score (nSPS) is 10.2. The van der Waals surface area contributed by atoms with Crippen molar-refractivity contribution in [3.05, 3.63) is 51.5 Å². The topological polar surface area (TPSA) is 47.6 Å². The molecule has 2 aromatic rings. The van der Waals surface area contributed by atoms with Crippen LogP contribution in [-0.2, 0) is 4.79 Å². The van der Waals surface area contributed by atoms with E-state index in [1.54, 1.807) is 18.2 Å². The van der Waals surface area contributed by atoms with Crippen molar-refractivity contribution >= 4 is 39.1 Å². The van der Waals surface area contributed by atoms with Crippen LogP contribution in [0, 0.1) is 6.92 Å². The number of hydrogen-bond acceptors (Lipinski definition) is 3. The molecule has 0 aliphatic heterocycles. The van der Waals surface area contributed by atoms with Gasteiger partial charge in [-0.25, -0.2) is 0 Å². The van der Waals surface area contributed by atoms with Crippen molar-refractivity contribution in [1.29, 1.82) is 0 Å². The monoisotopic (exact) mass is 383 g/mol. The number of ether oxygens (including phenoxy) is 2. The van der Waals surface area contributed by atoms with Crippen LogP contribution in [0.4, 0.5) is 5.69 Å². The summed E-state index contributed by atoms with van der Waals surface area (Å²) in [5.74, 6) is 0.848. The Morgan fingerprint density at radius 2 is 1.95 bits per heavy atom. The standard InChI is InChI=1S/C16H15BrClNO3/c1-10-3-5-14(12(17)7-10)22-9-16(20)19-13-8-11(18)4-6-15(13)21-2/h3-8H,9H2,1-2H3,(H,19,20). The second kappa shape index (κ2) is 7.51. The minimum Gasteiger partial charge on any atom is -0.495 e. The van der Waals surface area contributed by atoms with Crippen LogP contribution in [-0.4, -0.2) is 19.6 Å². The van der Waals surface area contributed by atoms with Crippen molar-refractivity contribution in [1.82, 2.24) is 0 Å². The molecule has 6 heteroatoms. The maximum atomic E-state index is 12.0. The van der Waals surface area contributed by atoms with Crippen molar-refractivity contribution in [3.63, 3.8) is 0 Å². The van der Waals surface area contributed by atoms with Crippen molar-refractivity contribution in [2.45, 2.75) is 6.92 Å². The highest BCUT2D eigenvalue weighted by atomic mass is 79.9. The smallest absolute Gasteiger partial charge is 0.262 e. The van der Waals surface area contributed by atoms with Gasteiger partial charge >= 0.3 is 0 Å². The lowest BCUT2D eigenvalue weighted by molar-refractivity contribution is -0.118. The van der Waals surface area contributed by atoms with E-state index >= 15 is 0 Å². The average molecular weight is 385 g/mol. The first kappa shape index (κ1) is 16.6. The third-order valence-electron chi connectivity index (χ3n) is 2.88. The summed E-state index contributed by atoms with van der Waals surface area (Å²) < 4.78 is 11.5. The summed E-state index contributed by atoms with van der Waals surface area (Å²) in [5, 5.41) is 3.23. The van der Waals surface area contributed by atoms with Gasteiger partial charge in [0.1, 0.15) is 11.5 Å². The minimum absolute atomic E-state index is 0.114. The molecule has 116 valence electrons. The molecule has 0 bridgehead atoms. The summed E-state index contributed by atoms with van der Waals surface area (Å²) in [4.78, 5) is 12.0. The molecule has 0 aliphatic carbocycles. The summed E-state index contributed by atoms with van der Waals surface area (Å²) in [6.07, 6.45) is 0. The van der Waals surface area contributed by atoms with Gasteiger partial charge in [-0.05, 0) is 58.7 Å². The van der Waals surface area contributed by atoms with Crippen LogP contribution in [0.2, 0.25) is 5.02 Å². The molecule has 0 atom stereocenters. The van der Waals surface area contributed by atoms with E-state index in [0.717, 1.165) is 10.0 Å². The molecule has 0 unspecified atom stereocenters. The van der Waals surface area contributed by atoms with E-state index in [0.29, 0.717) is 22.2 Å². The second-order valence-electron chi connectivity index (χ2n) is 4.62. The fourth-order valence-electron chi connectivity index (χ4n) is 1.83. The number of nitrogens with one attached hydrogen (secondary N) is 1. The van der Waals surface area contributed by atoms with Crippen molar-refractivity contribution in [2.24, 2.45) is 0 Å². The Morgan fingerprint density at radius 3 is 2.64 bits per heavy atom. The van der Waals surface area contributed by atoms with Crippen molar-refractivity contribution < 1.29 is 14.3 Å². The van der Waals surface area contributed by atoms with Crippen LogP contribution in [0.1, 0.15) is 5.56 Å². The van der Waals surface area contributed by atoms with Gasteiger partial charge in [0.15, 0.2) is 6.61 Å². The maximum Gasteiger partial charge on any atom is 0.262 e. The quantitative estimate of drug-likeness (QED) is 0.829. The Labute approximate surface area is 142 Å². The number of halogens is 2. The molecule has 1 amide bonds. The highest BCUT2D eigenvalue weighted by Crippen LogP contribution is 2.28. The Balaban J connectivity index is 2.00. The SMILES string of the molecule is COc1ccc(Cl)cc1NC(=O)COc1ccc(C)cc1Br. The van der Waals surface area contributed by atoms with Gasteiger partial charge < -0.3 is 14.8 Å². The first-order valence-electron chi connectivity index (χ1n) is 6.52. The number of rotatable bonds is 5. The van der Waals surface area contributed by atoms with Crippen LogP contribution < -0.4 is 14.8 Å². The average Bonchev–Trinajstić information content (AvgIpc) is 2.46. The van der Waals surface area contributed by atoms with Gasteiger partial charge in [-0.3, -0.25) is 4.79 Å². The van der Waals surface area contributed by atoms with Crippen LogP contribution in [0.3, 0.4) is 0 Å². The Bertz CT molecular complexity index is 691. The number of methoxy groups -OCH3 is 1. The largest absolute Gasteiger partial charge is 0.495 e. The molecular formula is C16H15BrClNO3. The van der Waals surface area contributed by atoms with E-state index in [1.807, 2.05) is 25.1 Å². The summed E-state index contributed by atoms with van der Waals surface area (Å²) in [6, 6.07) is 10.7. The predicted octanol–water partition coefficient (Wildman–Crippen LogP) is 4.44. The molecule has 2 aromatic carbocycles. The molecule has 0 aliphatic rings. The molecule has 4 nitrogen and oxygen atoms in total. The highest BCUT2D eigenvalue weighted by molar-refractivity contribution is 9.10. The van der Waals surface area contributed by atoms with E-state index in [2.05, 4.69) is 21.2 Å². The lowest BCUT2D eigenvalue weighted by atomic mass is 10.2. The van der Waals surface area contributed by atoms with Gasteiger partial charge in [0.2, 0.25) is 0 Å². The zero-order valence-electron chi connectivity index (χ0n) is 12.2. The number of carbonyl (C=O) groups excluding carboxylic acids is 1. The first-order chi connectivity index (χ1) is 10.5. The Kier molecular flexibility index (Phi) is 5.69. The second-order valence-corrected chi connectivity index (χ2v) is 5.91. The van der Waals surface area contributed by atoms with Crippen molar-refractivity contribution in [3.8, 4) is 11.5 Å². The van der Waals surface area contributed by atoms with E-state index in [-0.39, 0.29) is 12.5 Å². The molecule has 2 rings (SSSR count). The van der Waals surface area contributed by atoms with E-state index in [9.17, 15) is 4.79 Å². The summed E-state index contributed by atoms with van der Waals surface area (Å²) in [5.41, 5.74) is 1.61. The molecule has 0 heterocycles. The zero-order chi connectivity index (χ0) is 16.1. The molecule has 1 N–H and O–H groups in total. The molecule has 0 saturated carbocycles. The van der Waals surface area contributed by atoms with Crippen LogP contribution in [0.5, 0.6) is 11.5 Å². The fraction of sp³-hybridized carbons (Fsp3) is 0.188. The molecule has 22 heavy (non-hydrogen) atoms. The van der Waals surface area contributed by atoms with Gasteiger partial charge in [-0.1, -0.05) is 17.7 Å². The zero-order valence-corrected chi connectivity index (χ0v) is 14.5. The van der Waals surface area contributed by atoms with Gasteiger partial charge in [-0.2, -0.15) is 0 Å². The van der Waals surface area contributed by atoms with Crippen LogP contribution >= 0.6 is 27.5 Å². The summed E-state index contributed by atoms with van der Waals surface area (Å²) in [7, 11) is 1.53. The number of carbonyl (C=O) groups is 1. The Hall–Kier alpha value is -1.72. The van der Waals surface area contributed by atoms with Gasteiger partial charge in [0.05, 0.1) is 17.3 Å². The molecular weight excluding hydrogens is 370 g/mol. The van der Waals surface area contributed by atoms with Crippen LogP contribution in [0.15, 0.2) is 40.9 Å². The van der Waals surface area contributed by atoms with E-state index in [1.165, 1.54) is 7.11 Å². The van der Waals surface area contributed by atoms with Crippen LogP contribution in [0.25, 0.3) is 0 Å². The van der Waals surface area contributed by atoms with E-state index in [4.69, 9.17) is 21.1 Å². The molecule has 0 fully saturated rings. The molecule has 0 saturated heterocycles. The number of amides is 1. The summed E-state index contributed by atoms with van der Waals surface area (Å²) in [6.45, 7) is 1.87. The fourth-order valence-corrected chi connectivity index (χ4v) is 2.61. The highest BCUT2D eigenvalue weighted by Gasteiger charge is 2.10. The summed E-state index contributed by atoms with van der Waals surface area (Å²) >= 11 is 9.32. The van der Waals surface area contributed by atoms with Crippen molar-refractivity contribution in [2.75, 3.05) is 19.0 Å². The predicted molar refractivity (Wildman–Crippen MR) is 91.0 cm³/mol. The lowest BCUT2D eigenvalue weighted by Crippen LogP contribution is -2.20. The molecule has 0 radical (unpaired) electrons. The number of aryl methyl sites for hydroxylation is 1. The third kappa shape index (κ3) is 4.39. The third-order valence-corrected chi connectivity index (χ3v) is 3.74. The van der Waals surface area contributed by atoms with Gasteiger partial charge in [0, 0.05) is 5.02 Å². The minimum atomic E-state index is -0.298. The maximum absolute atomic E-state index is 12.0. The number of anilines is 1. The number of benzene rings is 2. The van der Waals surface area contributed by atoms with E-state index < -0.39 is 0 Å². The first-order valence-corrected chi connectivity index (χ1v) is 7.69. The van der Waals surface area contributed by atoms with Gasteiger partial charge in [0.25, 0.3) is 5.91 Å². The molecule has 0 aromatic heterocycles. The van der Waals surface area contributed by atoms with Gasteiger partial charge in [-0.15, -0.1) is 0 Å². The number of hydrogen-bond donors (Lipinski definition) is 1. The lowest BCUT2D eigenvalue weighted by Gasteiger charge is -2.12.